The van der Waals surface area contributed by atoms with Crippen molar-refractivity contribution in [1.29, 1.82) is 0 Å². The summed E-state index contributed by atoms with van der Waals surface area (Å²) in [5, 5.41) is 4.34. The van der Waals surface area contributed by atoms with Crippen LogP contribution in [0.15, 0.2) is 30.3 Å². The van der Waals surface area contributed by atoms with Crippen LogP contribution in [-0.4, -0.2) is 18.9 Å². The maximum absolute atomic E-state index is 11.9. The predicted octanol–water partition coefficient (Wildman–Crippen LogP) is 2.97. The molecule has 2 nitrogen and oxygen atoms in total. The molecule has 1 aliphatic rings. The zero-order chi connectivity index (χ0) is 11.4. The van der Waals surface area contributed by atoms with Crippen LogP contribution in [-0.2, 0) is 11.2 Å². The highest BCUT2D eigenvalue weighted by atomic mass is 16.1. The van der Waals surface area contributed by atoms with Gasteiger partial charge in [0.2, 0.25) is 0 Å². The third-order valence-electron chi connectivity index (χ3n) is 3.63. The van der Waals surface area contributed by atoms with Crippen LogP contribution in [0.4, 0.5) is 0 Å². The van der Waals surface area contributed by atoms with Crippen molar-refractivity contribution in [3.8, 4) is 0 Å². The number of Topliss-reactive ketones (excluding diaryl/α,β-unsaturated/α-hetero) is 1. The monoisotopic (exact) mass is 216 g/mol. The topological polar surface area (TPSA) is 31.2 Å². The third kappa shape index (κ3) is 2.33. The average Bonchev–Trinajstić information content (AvgIpc) is 2.31. The first-order valence-electron chi connectivity index (χ1n) is 5.91. The molecule has 2 rings (SSSR count). The molecule has 1 fully saturated rings. The maximum atomic E-state index is 11.9. The summed E-state index contributed by atoms with van der Waals surface area (Å²) in [5.74, 6) is 0.325. The molecule has 1 heterocycles. The highest BCUT2D eigenvalue weighted by Gasteiger charge is 2.33. The minimum absolute atomic E-state index is 0.150. The molecular formula is C14H18NO-. The van der Waals surface area contributed by atoms with Crippen molar-refractivity contribution < 1.29 is 4.79 Å². The van der Waals surface area contributed by atoms with Crippen molar-refractivity contribution in [2.75, 3.05) is 13.1 Å². The molecule has 0 bridgehead atoms. The standard InChI is InChI=1S/C14H18NO/c1-12(16)14(7-9-15-10-8-14)11-13-5-3-2-4-6-13/h2-6H,7-11H2,1H3/q-1. The second kappa shape index (κ2) is 4.79. The molecule has 0 unspecified atom stereocenters. The lowest BCUT2D eigenvalue weighted by Gasteiger charge is -2.41. The summed E-state index contributed by atoms with van der Waals surface area (Å²) < 4.78 is 0. The molecule has 2 heteroatoms. The molecule has 0 spiro atoms. The van der Waals surface area contributed by atoms with Crippen molar-refractivity contribution in [1.82, 2.24) is 0 Å². The van der Waals surface area contributed by atoms with E-state index < -0.39 is 0 Å². The van der Waals surface area contributed by atoms with Gasteiger partial charge in [-0.05, 0) is 18.9 Å². The van der Waals surface area contributed by atoms with Gasteiger partial charge in [0.05, 0.1) is 0 Å². The first-order chi connectivity index (χ1) is 7.73. The van der Waals surface area contributed by atoms with Crippen LogP contribution >= 0.6 is 0 Å². The number of nitrogens with zero attached hydrogens (tertiary/aromatic N) is 1. The van der Waals surface area contributed by atoms with Crippen molar-refractivity contribution in [2.45, 2.75) is 26.2 Å². The van der Waals surface area contributed by atoms with Crippen LogP contribution in [0.2, 0.25) is 0 Å². The van der Waals surface area contributed by atoms with Gasteiger partial charge >= 0.3 is 0 Å². The second-order valence-electron chi connectivity index (χ2n) is 4.67. The van der Waals surface area contributed by atoms with Crippen molar-refractivity contribution in [3.05, 3.63) is 41.2 Å². The third-order valence-corrected chi connectivity index (χ3v) is 3.63. The molecule has 0 aliphatic carbocycles. The normalized spacial score (nSPS) is 19.3. The molecule has 0 aromatic heterocycles. The highest BCUT2D eigenvalue weighted by Crippen LogP contribution is 2.36. The van der Waals surface area contributed by atoms with Gasteiger partial charge in [-0.3, -0.25) is 4.79 Å². The van der Waals surface area contributed by atoms with Gasteiger partial charge in [0.1, 0.15) is 5.78 Å². The molecule has 86 valence electrons. The van der Waals surface area contributed by atoms with Crippen LogP contribution in [0.1, 0.15) is 25.3 Å². The fourth-order valence-electron chi connectivity index (χ4n) is 2.46. The lowest BCUT2D eigenvalue weighted by atomic mass is 9.71. The van der Waals surface area contributed by atoms with Gasteiger partial charge < -0.3 is 5.32 Å². The number of rotatable bonds is 3. The number of carbonyl (C=O) groups is 1. The zero-order valence-corrected chi connectivity index (χ0v) is 9.78. The molecule has 0 amide bonds. The molecule has 16 heavy (non-hydrogen) atoms. The van der Waals surface area contributed by atoms with Gasteiger partial charge in [-0.25, -0.2) is 0 Å². The Balaban J connectivity index is 2.17. The Bertz CT molecular complexity index is 352. The van der Waals surface area contributed by atoms with Gasteiger partial charge in [0.25, 0.3) is 0 Å². The van der Waals surface area contributed by atoms with E-state index in [0.29, 0.717) is 5.78 Å². The molecule has 1 aliphatic heterocycles. The van der Waals surface area contributed by atoms with Gasteiger partial charge in [-0.1, -0.05) is 43.2 Å². The number of ketones is 1. The zero-order valence-electron chi connectivity index (χ0n) is 9.78. The molecule has 1 aromatic rings. The Morgan fingerprint density at radius 1 is 1.25 bits per heavy atom. The molecular weight excluding hydrogens is 198 g/mol. The van der Waals surface area contributed by atoms with Gasteiger partial charge in [0, 0.05) is 5.41 Å². The first-order valence-corrected chi connectivity index (χ1v) is 5.91. The van der Waals surface area contributed by atoms with Crippen LogP contribution in [0, 0.1) is 5.41 Å². The minimum Gasteiger partial charge on any atom is -0.662 e. The Labute approximate surface area is 97.1 Å². The smallest absolute Gasteiger partial charge is 0.136 e. The molecule has 0 radical (unpaired) electrons. The Kier molecular flexibility index (Phi) is 3.39. The molecule has 1 saturated heterocycles. The summed E-state index contributed by atoms with van der Waals surface area (Å²) in [6, 6.07) is 10.3. The number of piperidine rings is 1. The number of benzene rings is 1. The number of carbonyl (C=O) groups excluding carboxylic acids is 1. The molecule has 0 N–H and O–H groups in total. The fourth-order valence-corrected chi connectivity index (χ4v) is 2.46. The summed E-state index contributed by atoms with van der Waals surface area (Å²) in [4.78, 5) is 11.9. The first kappa shape index (κ1) is 11.3. The lowest BCUT2D eigenvalue weighted by molar-refractivity contribution is -0.127. The molecule has 0 saturated carbocycles. The van der Waals surface area contributed by atoms with E-state index in [2.05, 4.69) is 17.4 Å². The van der Waals surface area contributed by atoms with E-state index in [9.17, 15) is 4.79 Å². The van der Waals surface area contributed by atoms with E-state index in [4.69, 9.17) is 0 Å². The van der Waals surface area contributed by atoms with Crippen LogP contribution in [0.5, 0.6) is 0 Å². The summed E-state index contributed by atoms with van der Waals surface area (Å²) >= 11 is 0. The SMILES string of the molecule is CC(=O)C1(Cc2ccccc2)CC[N-]CC1. The van der Waals surface area contributed by atoms with Gasteiger partial charge in [-0.2, -0.15) is 0 Å². The molecule has 1 aromatic carbocycles. The fraction of sp³-hybridized carbons (Fsp3) is 0.500. The van der Waals surface area contributed by atoms with Crippen LogP contribution in [0.3, 0.4) is 0 Å². The molecule has 0 atom stereocenters. The van der Waals surface area contributed by atoms with E-state index >= 15 is 0 Å². The average molecular weight is 216 g/mol. The van der Waals surface area contributed by atoms with E-state index in [1.54, 1.807) is 6.92 Å². The Morgan fingerprint density at radius 3 is 2.44 bits per heavy atom. The number of hydrogen-bond acceptors (Lipinski definition) is 1. The minimum atomic E-state index is -0.150. The second-order valence-corrected chi connectivity index (χ2v) is 4.67. The van der Waals surface area contributed by atoms with Gasteiger partial charge in [-0.15, -0.1) is 13.1 Å². The largest absolute Gasteiger partial charge is 0.662 e. The number of hydrogen-bond donors (Lipinski definition) is 0. The lowest BCUT2D eigenvalue weighted by Crippen LogP contribution is -2.36. The van der Waals surface area contributed by atoms with Crippen molar-refractivity contribution >= 4 is 5.78 Å². The van der Waals surface area contributed by atoms with Crippen LogP contribution in [0.25, 0.3) is 5.32 Å². The van der Waals surface area contributed by atoms with E-state index in [1.165, 1.54) is 5.56 Å². The van der Waals surface area contributed by atoms with Crippen molar-refractivity contribution in [3.63, 3.8) is 0 Å². The summed E-state index contributed by atoms with van der Waals surface area (Å²) in [5.41, 5.74) is 1.11. The van der Waals surface area contributed by atoms with Gasteiger partial charge in [0.15, 0.2) is 0 Å². The quantitative estimate of drug-likeness (QED) is 0.764. The maximum Gasteiger partial charge on any atom is 0.136 e. The van der Waals surface area contributed by atoms with E-state index in [0.717, 1.165) is 32.4 Å². The Hall–Kier alpha value is -1.15. The Morgan fingerprint density at radius 2 is 1.88 bits per heavy atom. The predicted molar refractivity (Wildman–Crippen MR) is 65.6 cm³/mol. The summed E-state index contributed by atoms with van der Waals surface area (Å²) in [6.45, 7) is 3.41. The highest BCUT2D eigenvalue weighted by molar-refractivity contribution is 5.83. The summed E-state index contributed by atoms with van der Waals surface area (Å²) in [7, 11) is 0. The van der Waals surface area contributed by atoms with Crippen molar-refractivity contribution in [2.24, 2.45) is 5.41 Å². The van der Waals surface area contributed by atoms with E-state index in [-0.39, 0.29) is 5.41 Å². The van der Waals surface area contributed by atoms with E-state index in [1.807, 2.05) is 18.2 Å². The summed E-state index contributed by atoms with van der Waals surface area (Å²) in [6.07, 6.45) is 2.70. The van der Waals surface area contributed by atoms with Crippen LogP contribution < -0.4 is 0 Å².